The smallest absolute Gasteiger partial charge is 0.265 e. The normalized spacial score (nSPS) is 13.4. The van der Waals surface area contributed by atoms with Gasteiger partial charge >= 0.3 is 0 Å². The number of anilines is 1. The van der Waals surface area contributed by atoms with E-state index in [4.69, 9.17) is 21.1 Å². The molecular formula is C27H25ClN2O5. The number of hydrogen-bond acceptors (Lipinski definition) is 5. The number of benzene rings is 3. The van der Waals surface area contributed by atoms with Crippen LogP contribution < -0.4 is 19.7 Å². The summed E-state index contributed by atoms with van der Waals surface area (Å²) in [5.41, 5.74) is 1.83. The first-order valence-corrected chi connectivity index (χ1v) is 11.6. The third kappa shape index (κ3) is 6.00. The zero-order valence-corrected chi connectivity index (χ0v) is 20.0. The molecule has 1 atom stereocenters. The molecule has 1 aliphatic heterocycles. The number of ether oxygens (including phenoxy) is 2. The fraction of sp³-hybridized carbons (Fsp3) is 0.222. The van der Waals surface area contributed by atoms with E-state index in [2.05, 4.69) is 5.32 Å². The number of carbonyl (C=O) groups excluding carboxylic acids is 3. The van der Waals surface area contributed by atoms with Gasteiger partial charge in [0.2, 0.25) is 5.91 Å². The highest BCUT2D eigenvalue weighted by atomic mass is 35.5. The molecule has 180 valence electrons. The number of ketones is 1. The first-order valence-electron chi connectivity index (χ1n) is 11.2. The van der Waals surface area contributed by atoms with Crippen molar-refractivity contribution in [2.45, 2.75) is 19.4 Å². The molecule has 1 heterocycles. The van der Waals surface area contributed by atoms with Crippen LogP contribution in [0.4, 0.5) is 5.69 Å². The number of carbonyl (C=O) groups is 3. The van der Waals surface area contributed by atoms with Crippen molar-refractivity contribution >= 4 is 34.9 Å². The minimum atomic E-state index is -0.781. The predicted molar refractivity (Wildman–Crippen MR) is 133 cm³/mol. The van der Waals surface area contributed by atoms with Crippen molar-refractivity contribution in [3.05, 3.63) is 88.9 Å². The van der Waals surface area contributed by atoms with Gasteiger partial charge in [-0.2, -0.15) is 0 Å². The highest BCUT2D eigenvalue weighted by Crippen LogP contribution is 2.34. The molecule has 0 aromatic heterocycles. The Bertz CT molecular complexity index is 1210. The van der Waals surface area contributed by atoms with Gasteiger partial charge in [-0.1, -0.05) is 41.9 Å². The van der Waals surface area contributed by atoms with Gasteiger partial charge in [-0.3, -0.25) is 19.3 Å². The summed E-state index contributed by atoms with van der Waals surface area (Å²) < 4.78 is 11.1. The van der Waals surface area contributed by atoms with E-state index in [0.29, 0.717) is 40.7 Å². The third-order valence-corrected chi connectivity index (χ3v) is 5.92. The van der Waals surface area contributed by atoms with Crippen molar-refractivity contribution in [2.24, 2.45) is 0 Å². The van der Waals surface area contributed by atoms with E-state index in [1.165, 1.54) is 4.90 Å². The molecule has 1 N–H and O–H groups in total. The molecule has 35 heavy (non-hydrogen) atoms. The fourth-order valence-electron chi connectivity index (χ4n) is 3.77. The number of Topliss-reactive ketones (excluding diaryl/α,β-unsaturated/α-hetero) is 1. The van der Waals surface area contributed by atoms with Crippen LogP contribution in [0.15, 0.2) is 72.8 Å². The van der Waals surface area contributed by atoms with Gasteiger partial charge in [-0.05, 0) is 61.4 Å². The van der Waals surface area contributed by atoms with Crippen LogP contribution >= 0.6 is 11.6 Å². The molecule has 3 aromatic carbocycles. The van der Waals surface area contributed by atoms with Gasteiger partial charge < -0.3 is 14.8 Å². The van der Waals surface area contributed by atoms with Crippen LogP contribution in [0.3, 0.4) is 0 Å². The maximum atomic E-state index is 12.8. The van der Waals surface area contributed by atoms with E-state index in [1.54, 1.807) is 49.4 Å². The standard InChI is InChI=1S/C27H25ClN2O5/c1-18(27(33)29-14-13-19-5-3-2-4-6-19)30-23-15-20(7-12-25(23)35-17-26(30)32)24(31)16-34-22-10-8-21(28)9-11-22/h2-12,15,18H,13-14,16-17H2,1H3,(H,29,33)/t18-/m1/s1. The SMILES string of the molecule is C[C@H](C(=O)NCCc1ccccc1)N1C(=O)COc2ccc(C(=O)COc3ccc(Cl)cc3)cc21. The van der Waals surface area contributed by atoms with E-state index in [0.717, 1.165) is 5.56 Å². The number of halogens is 1. The Morgan fingerprint density at radius 3 is 2.57 bits per heavy atom. The van der Waals surface area contributed by atoms with Crippen molar-refractivity contribution in [1.29, 1.82) is 0 Å². The lowest BCUT2D eigenvalue weighted by atomic mass is 10.1. The van der Waals surface area contributed by atoms with Crippen molar-refractivity contribution in [3.8, 4) is 11.5 Å². The van der Waals surface area contributed by atoms with E-state index in [1.807, 2.05) is 30.3 Å². The first-order chi connectivity index (χ1) is 16.9. The molecule has 0 bridgehead atoms. The monoisotopic (exact) mass is 492 g/mol. The van der Waals surface area contributed by atoms with Gasteiger partial charge in [0.1, 0.15) is 17.5 Å². The maximum absolute atomic E-state index is 12.8. The molecule has 8 heteroatoms. The molecule has 7 nitrogen and oxygen atoms in total. The first kappa shape index (κ1) is 24.3. The summed E-state index contributed by atoms with van der Waals surface area (Å²) in [4.78, 5) is 39.7. The van der Waals surface area contributed by atoms with E-state index in [9.17, 15) is 14.4 Å². The Labute approximate surface area is 208 Å². The molecule has 3 aromatic rings. The molecule has 0 saturated heterocycles. The Kier molecular flexibility index (Phi) is 7.67. The topological polar surface area (TPSA) is 84.9 Å². The van der Waals surface area contributed by atoms with Gasteiger partial charge in [0.25, 0.3) is 5.91 Å². The molecule has 0 radical (unpaired) electrons. The second kappa shape index (κ2) is 11.1. The highest BCUT2D eigenvalue weighted by Gasteiger charge is 2.33. The molecule has 4 rings (SSSR count). The lowest BCUT2D eigenvalue weighted by Crippen LogP contribution is -2.51. The van der Waals surface area contributed by atoms with Crippen molar-refractivity contribution < 1.29 is 23.9 Å². The quantitative estimate of drug-likeness (QED) is 0.455. The summed E-state index contributed by atoms with van der Waals surface area (Å²) in [6.07, 6.45) is 0.680. The van der Waals surface area contributed by atoms with Crippen LogP contribution in [0.25, 0.3) is 0 Å². The average molecular weight is 493 g/mol. The van der Waals surface area contributed by atoms with Crippen LogP contribution in [0, 0.1) is 0 Å². The van der Waals surface area contributed by atoms with E-state index < -0.39 is 6.04 Å². The van der Waals surface area contributed by atoms with Gasteiger partial charge in [0.05, 0.1) is 5.69 Å². The van der Waals surface area contributed by atoms with Crippen molar-refractivity contribution in [3.63, 3.8) is 0 Å². The molecule has 0 saturated carbocycles. The summed E-state index contributed by atoms with van der Waals surface area (Å²) in [7, 11) is 0. The van der Waals surface area contributed by atoms with E-state index >= 15 is 0 Å². The summed E-state index contributed by atoms with van der Waals surface area (Å²) in [6.45, 7) is 1.73. The number of fused-ring (bicyclic) bond motifs is 1. The molecule has 0 spiro atoms. The molecule has 2 amide bonds. The van der Waals surface area contributed by atoms with Crippen LogP contribution in [0.2, 0.25) is 5.02 Å². The summed E-state index contributed by atoms with van der Waals surface area (Å²) >= 11 is 5.87. The second-order valence-electron chi connectivity index (χ2n) is 8.10. The average Bonchev–Trinajstić information content (AvgIpc) is 2.88. The summed E-state index contributed by atoms with van der Waals surface area (Å²) in [6, 6.07) is 20.5. The zero-order chi connectivity index (χ0) is 24.8. The Hall–Kier alpha value is -3.84. The van der Waals surface area contributed by atoms with E-state index in [-0.39, 0.29) is 30.8 Å². The lowest BCUT2D eigenvalue weighted by molar-refractivity contribution is -0.127. The van der Waals surface area contributed by atoms with Crippen molar-refractivity contribution in [1.82, 2.24) is 5.32 Å². The van der Waals surface area contributed by atoms with Gasteiger partial charge in [0.15, 0.2) is 19.0 Å². The van der Waals surface area contributed by atoms with Gasteiger partial charge in [-0.15, -0.1) is 0 Å². The molecule has 0 unspecified atom stereocenters. The van der Waals surface area contributed by atoms with Gasteiger partial charge in [-0.25, -0.2) is 0 Å². The molecule has 0 aliphatic carbocycles. The fourth-order valence-corrected chi connectivity index (χ4v) is 3.90. The zero-order valence-electron chi connectivity index (χ0n) is 19.2. The van der Waals surface area contributed by atoms with Crippen LogP contribution in [0.5, 0.6) is 11.5 Å². The van der Waals surface area contributed by atoms with Gasteiger partial charge in [0, 0.05) is 17.1 Å². The molecule has 0 fully saturated rings. The van der Waals surface area contributed by atoms with Crippen LogP contribution in [-0.4, -0.2) is 43.4 Å². The largest absolute Gasteiger partial charge is 0.485 e. The number of amides is 2. The third-order valence-electron chi connectivity index (χ3n) is 5.67. The Morgan fingerprint density at radius 1 is 1.09 bits per heavy atom. The number of nitrogens with zero attached hydrogens (tertiary/aromatic N) is 1. The molecular weight excluding hydrogens is 468 g/mol. The molecule has 1 aliphatic rings. The number of rotatable bonds is 9. The Morgan fingerprint density at radius 2 is 1.83 bits per heavy atom. The maximum Gasteiger partial charge on any atom is 0.265 e. The lowest BCUT2D eigenvalue weighted by Gasteiger charge is -2.33. The minimum absolute atomic E-state index is 0.179. The second-order valence-corrected chi connectivity index (χ2v) is 8.54. The van der Waals surface area contributed by atoms with Crippen LogP contribution in [-0.2, 0) is 16.0 Å². The summed E-state index contributed by atoms with van der Waals surface area (Å²) in [5.74, 6) is 0.0289. The van der Waals surface area contributed by atoms with Crippen LogP contribution in [0.1, 0.15) is 22.8 Å². The predicted octanol–water partition coefficient (Wildman–Crippen LogP) is 4.07. The Balaban J connectivity index is 1.44. The number of hydrogen-bond donors (Lipinski definition) is 1. The number of nitrogens with one attached hydrogen (secondary N) is 1. The van der Waals surface area contributed by atoms with Crippen molar-refractivity contribution in [2.75, 3.05) is 24.7 Å². The summed E-state index contributed by atoms with van der Waals surface area (Å²) in [5, 5.41) is 3.46. The highest BCUT2D eigenvalue weighted by molar-refractivity contribution is 6.30. The minimum Gasteiger partial charge on any atom is -0.485 e.